The molecule has 2 saturated heterocycles. The Hall–Kier alpha value is -0.970. The van der Waals surface area contributed by atoms with E-state index in [1.807, 2.05) is 0 Å². The molecule has 1 amide bonds. The number of nitrogens with one attached hydrogen (secondary N) is 1. The lowest BCUT2D eigenvalue weighted by molar-refractivity contribution is -0.286. The number of carbonyl (C=O) groups excluding carboxylic acids is 1. The number of rotatable bonds is 3. The molecule has 13 nitrogen and oxygen atoms in total. The smallest absolute Gasteiger partial charge is 0.217 e. The predicted octanol–water partition coefficient (Wildman–Crippen LogP) is -6.30. The van der Waals surface area contributed by atoms with Gasteiger partial charge in [0.25, 0.3) is 0 Å². The summed E-state index contributed by atoms with van der Waals surface area (Å²) in [6.45, 7) is 0.161. The fourth-order valence-corrected chi connectivity index (χ4v) is 2.57. The van der Waals surface area contributed by atoms with Gasteiger partial charge in [0.05, 0.1) is 13.2 Å². The first-order valence-corrected chi connectivity index (χ1v) is 8.11. The lowest BCUT2D eigenvalue weighted by atomic mass is 9.97. The zero-order valence-corrected chi connectivity index (χ0v) is 14.4. The highest BCUT2D eigenvalue weighted by molar-refractivity contribution is 5.73. The molecule has 0 radical (unpaired) electrons. The third-order valence-electron chi connectivity index (χ3n) is 4.14. The van der Waals surface area contributed by atoms with E-state index in [4.69, 9.17) is 35.4 Å². The normalized spacial score (nSPS) is 44.8. The van der Waals surface area contributed by atoms with E-state index in [0.717, 1.165) is 0 Å². The summed E-state index contributed by atoms with van der Waals surface area (Å²) < 4.78 is 9.39. The van der Waals surface area contributed by atoms with E-state index in [2.05, 4.69) is 10.1 Å². The Morgan fingerprint density at radius 1 is 0.741 bits per heavy atom. The average molecular weight is 401 g/mol. The van der Waals surface area contributed by atoms with Crippen LogP contribution in [0.1, 0.15) is 6.92 Å². The quantitative estimate of drug-likeness (QED) is 0.213. The van der Waals surface area contributed by atoms with Crippen LogP contribution in [0, 0.1) is 0 Å². The molecule has 0 aliphatic carbocycles. The topological polar surface area (TPSA) is 230 Å². The number of hydrogen-bond donors (Lipinski definition) is 10. The molecule has 10 N–H and O–H groups in total. The largest absolute Gasteiger partial charge is 0.394 e. The molecule has 1 unspecified atom stereocenters. The minimum absolute atomic E-state index is 0.462. The van der Waals surface area contributed by atoms with Crippen LogP contribution in [0.5, 0.6) is 0 Å². The summed E-state index contributed by atoms with van der Waals surface area (Å²) in [6, 6.07) is -1.10. The molecule has 0 aromatic carbocycles. The molecule has 2 heterocycles. The average Bonchev–Trinajstić information content (AvgIpc) is 2.63. The van der Waals surface area contributed by atoms with Gasteiger partial charge in [-0.3, -0.25) is 4.79 Å². The van der Waals surface area contributed by atoms with Crippen molar-refractivity contribution < 1.29 is 60.2 Å². The first-order valence-electron chi connectivity index (χ1n) is 8.11. The van der Waals surface area contributed by atoms with Gasteiger partial charge in [-0.05, 0) is 0 Å². The van der Waals surface area contributed by atoms with Gasteiger partial charge >= 0.3 is 0 Å². The van der Waals surface area contributed by atoms with Crippen molar-refractivity contribution in [2.24, 2.45) is 0 Å². The lowest BCUT2D eigenvalue weighted by Crippen LogP contribution is -2.63. The van der Waals surface area contributed by atoms with Crippen LogP contribution in [-0.2, 0) is 14.3 Å². The summed E-state index contributed by atoms with van der Waals surface area (Å²) in [7, 11) is 0. The van der Waals surface area contributed by atoms with Crippen LogP contribution >= 0.6 is 0 Å². The Bertz CT molecular complexity index is 463. The first-order chi connectivity index (χ1) is 12.5. The standard InChI is InChI=1S/C8H15NO6.C6H12O6/c1-3(11)9-5-7(13)6(12)4(2-10)15-8(5)14;7-1-2-3(8)4(9)5(10)6(11)12-2/h4-8,10,12-14H,2H2,1H3,(H,9,11);2-11H,1H2/t4-,5-,6-,7-,8?;2-,3+,4+,5-,6-/m11/s1. The highest BCUT2D eigenvalue weighted by atomic mass is 16.6. The molecule has 160 valence electrons. The molecule has 0 aromatic heterocycles. The van der Waals surface area contributed by atoms with E-state index >= 15 is 0 Å². The number of ether oxygens (including phenoxy) is 2. The second kappa shape index (κ2) is 10.5. The van der Waals surface area contributed by atoms with Gasteiger partial charge in [-0.2, -0.15) is 0 Å². The van der Waals surface area contributed by atoms with Crippen molar-refractivity contribution in [1.82, 2.24) is 5.32 Å². The molecular formula is C14H27NO12. The fourth-order valence-electron chi connectivity index (χ4n) is 2.57. The van der Waals surface area contributed by atoms with E-state index in [0.29, 0.717) is 0 Å². The highest BCUT2D eigenvalue weighted by Gasteiger charge is 2.44. The van der Waals surface area contributed by atoms with Crippen molar-refractivity contribution in [2.45, 2.75) is 68.3 Å². The van der Waals surface area contributed by atoms with Crippen molar-refractivity contribution in [3.05, 3.63) is 0 Å². The molecule has 2 aliphatic rings. The van der Waals surface area contributed by atoms with Crippen LogP contribution < -0.4 is 5.32 Å². The Labute approximate surface area is 154 Å². The van der Waals surface area contributed by atoms with Crippen molar-refractivity contribution in [3.63, 3.8) is 0 Å². The van der Waals surface area contributed by atoms with Gasteiger partial charge in [0.1, 0.15) is 48.8 Å². The number of aliphatic hydroxyl groups excluding tert-OH is 9. The fraction of sp³-hybridized carbons (Fsp3) is 0.929. The van der Waals surface area contributed by atoms with E-state index in [1.165, 1.54) is 6.92 Å². The van der Waals surface area contributed by atoms with Gasteiger partial charge in [-0.1, -0.05) is 0 Å². The van der Waals surface area contributed by atoms with E-state index in [9.17, 15) is 20.1 Å². The zero-order chi connectivity index (χ0) is 20.9. The van der Waals surface area contributed by atoms with Crippen molar-refractivity contribution in [1.29, 1.82) is 0 Å². The molecule has 0 bridgehead atoms. The van der Waals surface area contributed by atoms with Crippen LogP contribution in [0.2, 0.25) is 0 Å². The summed E-state index contributed by atoms with van der Waals surface area (Å²) in [6.07, 6.45) is -12.3. The third kappa shape index (κ3) is 6.00. The molecular weight excluding hydrogens is 374 g/mol. The molecule has 10 atom stereocenters. The van der Waals surface area contributed by atoms with E-state index < -0.39 is 80.5 Å². The third-order valence-corrected chi connectivity index (χ3v) is 4.14. The molecule has 2 rings (SSSR count). The minimum atomic E-state index is -1.57. The Balaban J connectivity index is 0.000000277. The number of aliphatic hydroxyl groups is 9. The van der Waals surface area contributed by atoms with Gasteiger partial charge in [0, 0.05) is 6.92 Å². The Morgan fingerprint density at radius 2 is 1.19 bits per heavy atom. The van der Waals surface area contributed by atoms with Crippen molar-refractivity contribution in [3.8, 4) is 0 Å². The molecule has 27 heavy (non-hydrogen) atoms. The van der Waals surface area contributed by atoms with Crippen LogP contribution in [0.3, 0.4) is 0 Å². The maximum absolute atomic E-state index is 10.7. The maximum atomic E-state index is 10.7. The van der Waals surface area contributed by atoms with Gasteiger partial charge < -0.3 is 60.7 Å². The van der Waals surface area contributed by atoms with Crippen molar-refractivity contribution >= 4 is 5.91 Å². The molecule has 2 fully saturated rings. The predicted molar refractivity (Wildman–Crippen MR) is 83.6 cm³/mol. The summed E-state index contributed by atoms with van der Waals surface area (Å²) in [5.74, 6) is -0.462. The van der Waals surface area contributed by atoms with Gasteiger partial charge in [0.15, 0.2) is 12.6 Å². The van der Waals surface area contributed by atoms with Gasteiger partial charge in [0.2, 0.25) is 5.91 Å². The van der Waals surface area contributed by atoms with Crippen LogP contribution in [0.25, 0.3) is 0 Å². The van der Waals surface area contributed by atoms with E-state index in [1.54, 1.807) is 0 Å². The molecule has 0 aromatic rings. The van der Waals surface area contributed by atoms with Crippen molar-refractivity contribution in [2.75, 3.05) is 13.2 Å². The second-order valence-corrected chi connectivity index (χ2v) is 6.17. The molecule has 0 saturated carbocycles. The minimum Gasteiger partial charge on any atom is -0.394 e. The van der Waals surface area contributed by atoms with E-state index in [-0.39, 0.29) is 0 Å². The first kappa shape index (κ1) is 24.1. The zero-order valence-electron chi connectivity index (χ0n) is 14.4. The Morgan fingerprint density at radius 3 is 1.63 bits per heavy atom. The SMILES string of the molecule is CC(=O)N[C@H]1C(O)O[C@H](CO)[C@@H](O)[C@@H]1O.OC[C@H]1O[C@@H](O)[C@H](O)[C@@H](O)[C@H]1O. The maximum Gasteiger partial charge on any atom is 0.217 e. The number of carbonyl (C=O) groups is 1. The number of amides is 1. The van der Waals surface area contributed by atoms with Crippen LogP contribution in [-0.4, -0.2) is 126 Å². The summed E-state index contributed by atoms with van der Waals surface area (Å²) in [5.41, 5.74) is 0. The van der Waals surface area contributed by atoms with Gasteiger partial charge in [-0.15, -0.1) is 0 Å². The summed E-state index contributed by atoms with van der Waals surface area (Å²) in [5, 5.41) is 84.1. The summed E-state index contributed by atoms with van der Waals surface area (Å²) in [4.78, 5) is 10.7. The van der Waals surface area contributed by atoms with Gasteiger partial charge in [-0.25, -0.2) is 0 Å². The second-order valence-electron chi connectivity index (χ2n) is 6.17. The Kier molecular flexibility index (Phi) is 9.40. The van der Waals surface area contributed by atoms with Crippen LogP contribution in [0.4, 0.5) is 0 Å². The van der Waals surface area contributed by atoms with Crippen LogP contribution in [0.15, 0.2) is 0 Å². The highest BCUT2D eigenvalue weighted by Crippen LogP contribution is 2.20. The monoisotopic (exact) mass is 401 g/mol. The molecule has 0 spiro atoms. The number of hydrogen-bond acceptors (Lipinski definition) is 12. The molecule has 13 heteroatoms. The molecule has 2 aliphatic heterocycles. The lowest BCUT2D eigenvalue weighted by Gasteiger charge is -2.40. The summed E-state index contributed by atoms with van der Waals surface area (Å²) >= 11 is 0.